The van der Waals surface area contributed by atoms with Crippen molar-refractivity contribution in [2.75, 3.05) is 45.2 Å². The molecule has 2 aromatic carbocycles. The normalized spacial score (nSPS) is 15.2. The number of ether oxygens (including phenoxy) is 2. The molecule has 0 radical (unpaired) electrons. The van der Waals surface area contributed by atoms with Crippen molar-refractivity contribution in [2.45, 2.75) is 23.8 Å². The van der Waals surface area contributed by atoms with Crippen LogP contribution in [-0.2, 0) is 14.8 Å². The van der Waals surface area contributed by atoms with Crippen molar-refractivity contribution in [3.05, 3.63) is 48.3 Å². The predicted octanol–water partition coefficient (Wildman–Crippen LogP) is 2.25. The summed E-state index contributed by atoms with van der Waals surface area (Å²) in [5.74, 6) is -0.316. The molecule has 0 bridgehead atoms. The molecular formula is C22H28FN3O5S. The molecule has 1 aliphatic rings. The Morgan fingerprint density at radius 1 is 1.09 bits per heavy atom. The smallest absolute Gasteiger partial charge is 0.264 e. The lowest BCUT2D eigenvalue weighted by Crippen LogP contribution is -2.47. The lowest BCUT2D eigenvalue weighted by molar-refractivity contribution is -0.120. The first-order valence-corrected chi connectivity index (χ1v) is 11.7. The van der Waals surface area contributed by atoms with Gasteiger partial charge in [0.1, 0.15) is 12.4 Å². The van der Waals surface area contributed by atoms with Crippen molar-refractivity contribution in [3.63, 3.8) is 0 Å². The van der Waals surface area contributed by atoms with Gasteiger partial charge in [-0.05, 0) is 69.4 Å². The number of anilines is 1. The largest absolute Gasteiger partial charge is 0.493 e. The van der Waals surface area contributed by atoms with Gasteiger partial charge in [-0.25, -0.2) is 12.8 Å². The number of amides is 1. The van der Waals surface area contributed by atoms with E-state index >= 15 is 0 Å². The summed E-state index contributed by atoms with van der Waals surface area (Å²) in [6, 6.07) is 9.14. The van der Waals surface area contributed by atoms with Crippen LogP contribution in [0.5, 0.6) is 11.5 Å². The van der Waals surface area contributed by atoms with Gasteiger partial charge >= 0.3 is 0 Å². The number of piperidine rings is 1. The number of carbonyl (C=O) groups is 1. The van der Waals surface area contributed by atoms with Crippen LogP contribution in [0, 0.1) is 5.82 Å². The molecule has 1 amide bonds. The zero-order valence-electron chi connectivity index (χ0n) is 18.4. The third kappa shape index (κ3) is 5.49. The molecule has 0 unspecified atom stereocenters. The van der Waals surface area contributed by atoms with Gasteiger partial charge in [-0.1, -0.05) is 0 Å². The third-order valence-electron chi connectivity index (χ3n) is 5.43. The van der Waals surface area contributed by atoms with E-state index in [0.29, 0.717) is 5.75 Å². The fraction of sp³-hybridized carbons (Fsp3) is 0.409. The maximum absolute atomic E-state index is 13.5. The molecular weight excluding hydrogens is 437 g/mol. The number of hydrogen-bond donors (Lipinski definition) is 1. The first kappa shape index (κ1) is 23.8. The summed E-state index contributed by atoms with van der Waals surface area (Å²) in [4.78, 5) is 14.9. The number of carbonyl (C=O) groups excluding carboxylic acids is 1. The second kappa shape index (κ2) is 10.2. The summed E-state index contributed by atoms with van der Waals surface area (Å²) in [5, 5.41) is 2.92. The van der Waals surface area contributed by atoms with E-state index in [1.807, 2.05) is 7.05 Å². The molecule has 1 fully saturated rings. The Kier molecular flexibility index (Phi) is 7.57. The Balaban J connectivity index is 1.90. The average Bonchev–Trinajstić information content (AvgIpc) is 2.79. The Morgan fingerprint density at radius 3 is 2.31 bits per heavy atom. The highest BCUT2D eigenvalue weighted by Gasteiger charge is 2.29. The number of halogens is 1. The third-order valence-corrected chi connectivity index (χ3v) is 7.20. The molecule has 0 atom stereocenters. The Bertz CT molecular complexity index is 1040. The molecule has 32 heavy (non-hydrogen) atoms. The summed E-state index contributed by atoms with van der Waals surface area (Å²) < 4.78 is 51.9. The average molecular weight is 466 g/mol. The lowest BCUT2D eigenvalue weighted by Gasteiger charge is -2.30. The first-order valence-electron chi connectivity index (χ1n) is 10.2. The number of nitrogens with zero attached hydrogens (tertiary/aromatic N) is 2. The van der Waals surface area contributed by atoms with E-state index < -0.39 is 28.3 Å². The highest BCUT2D eigenvalue weighted by Crippen LogP contribution is 2.32. The van der Waals surface area contributed by atoms with Gasteiger partial charge in [0.2, 0.25) is 5.91 Å². The summed E-state index contributed by atoms with van der Waals surface area (Å²) in [5.41, 5.74) is 0.180. The molecule has 0 spiro atoms. The molecule has 0 saturated carbocycles. The molecule has 1 aliphatic heterocycles. The minimum Gasteiger partial charge on any atom is -0.493 e. The van der Waals surface area contributed by atoms with Crippen molar-refractivity contribution in [2.24, 2.45) is 0 Å². The van der Waals surface area contributed by atoms with Crippen LogP contribution in [0.25, 0.3) is 0 Å². The minimum atomic E-state index is -4.16. The summed E-state index contributed by atoms with van der Waals surface area (Å²) in [6.45, 7) is 1.28. The van der Waals surface area contributed by atoms with E-state index in [2.05, 4.69) is 10.2 Å². The summed E-state index contributed by atoms with van der Waals surface area (Å²) >= 11 is 0. The van der Waals surface area contributed by atoms with Crippen molar-refractivity contribution < 1.29 is 27.1 Å². The van der Waals surface area contributed by atoms with Gasteiger partial charge in [0.05, 0.1) is 24.8 Å². The summed E-state index contributed by atoms with van der Waals surface area (Å²) in [6.07, 6.45) is 1.59. The van der Waals surface area contributed by atoms with Gasteiger partial charge in [0.15, 0.2) is 11.5 Å². The van der Waals surface area contributed by atoms with E-state index in [-0.39, 0.29) is 22.4 Å². The maximum atomic E-state index is 13.5. The van der Waals surface area contributed by atoms with Gasteiger partial charge in [-0.3, -0.25) is 9.10 Å². The predicted molar refractivity (Wildman–Crippen MR) is 119 cm³/mol. The number of rotatable bonds is 8. The molecule has 1 saturated heterocycles. The molecule has 8 nitrogen and oxygen atoms in total. The molecule has 174 valence electrons. The Morgan fingerprint density at radius 2 is 1.72 bits per heavy atom. The second-order valence-electron chi connectivity index (χ2n) is 7.65. The first-order chi connectivity index (χ1) is 15.2. The molecule has 0 aromatic heterocycles. The molecule has 2 aromatic rings. The van der Waals surface area contributed by atoms with Crippen LogP contribution in [-0.4, -0.2) is 66.2 Å². The van der Waals surface area contributed by atoms with Crippen molar-refractivity contribution in [1.82, 2.24) is 10.2 Å². The lowest BCUT2D eigenvalue weighted by atomic mass is 10.1. The minimum absolute atomic E-state index is 0.0162. The van der Waals surface area contributed by atoms with E-state index in [1.165, 1.54) is 44.6 Å². The van der Waals surface area contributed by atoms with E-state index in [1.54, 1.807) is 0 Å². The Hall–Kier alpha value is -2.85. The number of likely N-dealkylation sites (tertiary alicyclic amines) is 1. The van der Waals surface area contributed by atoms with Crippen molar-refractivity contribution in [3.8, 4) is 11.5 Å². The molecule has 1 heterocycles. The standard InChI is InChI=1S/C22H28FN3O5S/c1-25-12-10-17(11-13-25)24-22(27)15-26(18-6-4-16(23)5-7-18)32(28,29)19-8-9-20(30-2)21(14-19)31-3/h4-9,14,17H,10-13,15H2,1-3H3,(H,24,27). The quantitative estimate of drug-likeness (QED) is 0.644. The second-order valence-corrected chi connectivity index (χ2v) is 9.51. The van der Waals surface area contributed by atoms with Crippen LogP contribution >= 0.6 is 0 Å². The van der Waals surface area contributed by atoms with Gasteiger partial charge in [-0.15, -0.1) is 0 Å². The fourth-order valence-corrected chi connectivity index (χ4v) is 5.02. The number of methoxy groups -OCH3 is 2. The Labute approximate surface area is 188 Å². The number of nitrogens with one attached hydrogen (secondary N) is 1. The molecule has 0 aliphatic carbocycles. The van der Waals surface area contributed by atoms with Crippen molar-refractivity contribution in [1.29, 1.82) is 0 Å². The monoisotopic (exact) mass is 465 g/mol. The van der Waals surface area contributed by atoms with Crippen LogP contribution in [0.2, 0.25) is 0 Å². The summed E-state index contributed by atoms with van der Waals surface area (Å²) in [7, 11) is 0.707. The maximum Gasteiger partial charge on any atom is 0.264 e. The van der Waals surface area contributed by atoms with Crippen molar-refractivity contribution >= 4 is 21.6 Å². The zero-order valence-corrected chi connectivity index (χ0v) is 19.2. The molecule has 3 rings (SSSR count). The molecule has 10 heteroatoms. The van der Waals surface area contributed by atoms with Crippen LogP contribution in [0.4, 0.5) is 10.1 Å². The SMILES string of the molecule is COc1ccc(S(=O)(=O)N(CC(=O)NC2CCN(C)CC2)c2ccc(F)cc2)cc1OC. The number of benzene rings is 2. The number of sulfonamides is 1. The van der Waals surface area contributed by atoms with Gasteiger partial charge in [0.25, 0.3) is 10.0 Å². The number of hydrogen-bond acceptors (Lipinski definition) is 6. The van der Waals surface area contributed by atoms with Gasteiger partial charge in [0, 0.05) is 12.1 Å². The van der Waals surface area contributed by atoms with E-state index in [4.69, 9.17) is 9.47 Å². The van der Waals surface area contributed by atoms with Crippen LogP contribution < -0.4 is 19.1 Å². The van der Waals surface area contributed by atoms with E-state index in [0.717, 1.165) is 42.4 Å². The van der Waals surface area contributed by atoms with Crippen LogP contribution in [0.15, 0.2) is 47.4 Å². The van der Waals surface area contributed by atoms with Crippen LogP contribution in [0.1, 0.15) is 12.8 Å². The van der Waals surface area contributed by atoms with E-state index in [9.17, 15) is 17.6 Å². The van der Waals surface area contributed by atoms with Gasteiger partial charge in [-0.2, -0.15) is 0 Å². The highest BCUT2D eigenvalue weighted by atomic mass is 32.2. The molecule has 1 N–H and O–H groups in total. The van der Waals surface area contributed by atoms with Crippen LogP contribution in [0.3, 0.4) is 0 Å². The topological polar surface area (TPSA) is 88.2 Å². The highest BCUT2D eigenvalue weighted by molar-refractivity contribution is 7.92. The van der Waals surface area contributed by atoms with Gasteiger partial charge < -0.3 is 19.7 Å². The fourth-order valence-electron chi connectivity index (χ4n) is 3.58. The zero-order chi connectivity index (χ0) is 23.3.